The normalized spacial score (nSPS) is 13.2. The van der Waals surface area contributed by atoms with Crippen LogP contribution in [0.25, 0.3) is 0 Å². The first kappa shape index (κ1) is 16.5. The Bertz CT molecular complexity index is 385. The molecule has 1 N–H and O–H groups in total. The fourth-order valence-corrected chi connectivity index (χ4v) is 2.67. The van der Waals surface area contributed by atoms with Gasteiger partial charge in [0.05, 0.1) is 16.4 Å². The SMILES string of the molecule is CCc1nn(CC)c(CC(CCC(C)C)NC)c1Cl. The van der Waals surface area contributed by atoms with E-state index in [4.69, 9.17) is 11.6 Å². The lowest BCUT2D eigenvalue weighted by Gasteiger charge is -2.18. The molecule has 0 radical (unpaired) electrons. The Kier molecular flexibility index (Phi) is 6.87. The van der Waals surface area contributed by atoms with Gasteiger partial charge in [0.15, 0.2) is 0 Å². The van der Waals surface area contributed by atoms with Crippen LogP contribution in [0.5, 0.6) is 0 Å². The van der Waals surface area contributed by atoms with Crippen molar-refractivity contribution < 1.29 is 0 Å². The molecule has 1 rings (SSSR count). The molecule has 0 fully saturated rings. The molecule has 0 saturated heterocycles. The number of nitrogens with zero attached hydrogens (tertiary/aromatic N) is 2. The summed E-state index contributed by atoms with van der Waals surface area (Å²) in [5.41, 5.74) is 2.21. The van der Waals surface area contributed by atoms with Gasteiger partial charge in [-0.25, -0.2) is 0 Å². The summed E-state index contributed by atoms with van der Waals surface area (Å²) in [5, 5.41) is 8.87. The Morgan fingerprint density at radius 3 is 2.42 bits per heavy atom. The van der Waals surface area contributed by atoms with Crippen molar-refractivity contribution in [2.75, 3.05) is 7.05 Å². The van der Waals surface area contributed by atoms with Crippen molar-refractivity contribution in [3.63, 3.8) is 0 Å². The fraction of sp³-hybridized carbons (Fsp3) is 0.800. The average Bonchev–Trinajstić information content (AvgIpc) is 2.70. The van der Waals surface area contributed by atoms with Gasteiger partial charge in [0, 0.05) is 19.0 Å². The second-order valence-electron chi connectivity index (χ2n) is 5.54. The number of hydrogen-bond acceptors (Lipinski definition) is 2. The van der Waals surface area contributed by atoms with Crippen molar-refractivity contribution in [2.45, 2.75) is 66.0 Å². The van der Waals surface area contributed by atoms with E-state index in [9.17, 15) is 0 Å². The number of aromatic nitrogens is 2. The highest BCUT2D eigenvalue weighted by atomic mass is 35.5. The third-order valence-corrected chi connectivity index (χ3v) is 4.07. The maximum absolute atomic E-state index is 6.46. The molecular formula is C15H28ClN3. The molecule has 1 aromatic heterocycles. The standard InChI is InChI=1S/C15H28ClN3/c1-6-13-15(16)14(19(7-2)18-13)10-12(17-5)9-8-11(3)4/h11-12,17H,6-10H2,1-5H3. The van der Waals surface area contributed by atoms with Gasteiger partial charge < -0.3 is 5.32 Å². The number of likely N-dealkylation sites (N-methyl/N-ethyl adjacent to an activating group) is 1. The topological polar surface area (TPSA) is 29.9 Å². The molecule has 1 atom stereocenters. The van der Waals surface area contributed by atoms with E-state index in [1.807, 2.05) is 7.05 Å². The van der Waals surface area contributed by atoms with E-state index >= 15 is 0 Å². The van der Waals surface area contributed by atoms with Crippen LogP contribution in [0.1, 0.15) is 51.9 Å². The summed E-state index contributed by atoms with van der Waals surface area (Å²) >= 11 is 6.46. The van der Waals surface area contributed by atoms with Crippen molar-refractivity contribution in [3.05, 3.63) is 16.4 Å². The lowest BCUT2D eigenvalue weighted by atomic mass is 10.00. The van der Waals surface area contributed by atoms with Crippen LogP contribution in [0, 0.1) is 5.92 Å². The second kappa shape index (κ2) is 7.91. The van der Waals surface area contributed by atoms with Crippen LogP contribution < -0.4 is 5.32 Å². The van der Waals surface area contributed by atoms with Crippen LogP contribution in [0.4, 0.5) is 0 Å². The zero-order chi connectivity index (χ0) is 14.4. The van der Waals surface area contributed by atoms with Gasteiger partial charge in [0.2, 0.25) is 0 Å². The summed E-state index contributed by atoms with van der Waals surface area (Å²) in [6.45, 7) is 9.65. The molecule has 0 saturated carbocycles. The second-order valence-corrected chi connectivity index (χ2v) is 5.92. The largest absolute Gasteiger partial charge is 0.317 e. The quantitative estimate of drug-likeness (QED) is 0.789. The van der Waals surface area contributed by atoms with E-state index in [2.05, 4.69) is 42.8 Å². The summed E-state index contributed by atoms with van der Waals surface area (Å²) in [7, 11) is 2.03. The molecule has 4 heteroatoms. The Hall–Kier alpha value is -0.540. The zero-order valence-electron chi connectivity index (χ0n) is 13.0. The van der Waals surface area contributed by atoms with Crippen molar-refractivity contribution in [1.29, 1.82) is 0 Å². The lowest BCUT2D eigenvalue weighted by molar-refractivity contribution is 0.440. The molecule has 0 amide bonds. The third-order valence-electron chi connectivity index (χ3n) is 3.63. The Labute approximate surface area is 122 Å². The molecule has 0 spiro atoms. The predicted molar refractivity (Wildman–Crippen MR) is 82.9 cm³/mol. The highest BCUT2D eigenvalue weighted by molar-refractivity contribution is 6.31. The zero-order valence-corrected chi connectivity index (χ0v) is 13.7. The molecular weight excluding hydrogens is 258 g/mol. The molecule has 110 valence electrons. The Balaban J connectivity index is 2.80. The molecule has 1 aromatic rings. The van der Waals surface area contributed by atoms with E-state index in [-0.39, 0.29) is 0 Å². The van der Waals surface area contributed by atoms with Crippen LogP contribution in [0.2, 0.25) is 5.02 Å². The van der Waals surface area contributed by atoms with Gasteiger partial charge in [0.25, 0.3) is 0 Å². The summed E-state index contributed by atoms with van der Waals surface area (Å²) in [5.74, 6) is 0.744. The van der Waals surface area contributed by atoms with Gasteiger partial charge in [-0.15, -0.1) is 0 Å². The highest BCUT2D eigenvalue weighted by Gasteiger charge is 2.18. The van der Waals surface area contributed by atoms with Gasteiger partial charge in [-0.05, 0) is 39.2 Å². The molecule has 0 bridgehead atoms. The molecule has 0 aliphatic rings. The van der Waals surface area contributed by atoms with E-state index in [0.29, 0.717) is 6.04 Å². The number of nitrogens with one attached hydrogen (secondary N) is 1. The first-order valence-electron chi connectivity index (χ1n) is 7.44. The average molecular weight is 286 g/mol. The monoisotopic (exact) mass is 285 g/mol. The van der Waals surface area contributed by atoms with Gasteiger partial charge in [-0.2, -0.15) is 5.10 Å². The van der Waals surface area contributed by atoms with Crippen LogP contribution in [-0.4, -0.2) is 22.9 Å². The van der Waals surface area contributed by atoms with Crippen LogP contribution in [0.15, 0.2) is 0 Å². The summed E-state index contributed by atoms with van der Waals surface area (Å²) in [6, 6.07) is 0.478. The number of rotatable bonds is 8. The van der Waals surface area contributed by atoms with Crippen molar-refractivity contribution >= 4 is 11.6 Å². The van der Waals surface area contributed by atoms with E-state index in [1.165, 1.54) is 18.5 Å². The smallest absolute Gasteiger partial charge is 0.0850 e. The molecule has 1 unspecified atom stereocenters. The first-order valence-corrected chi connectivity index (χ1v) is 7.82. The van der Waals surface area contributed by atoms with Gasteiger partial charge in [-0.1, -0.05) is 32.4 Å². The van der Waals surface area contributed by atoms with Gasteiger partial charge in [0.1, 0.15) is 0 Å². The third kappa shape index (κ3) is 4.50. The minimum Gasteiger partial charge on any atom is -0.317 e. The van der Waals surface area contributed by atoms with E-state index < -0.39 is 0 Å². The van der Waals surface area contributed by atoms with E-state index in [1.54, 1.807) is 0 Å². The molecule has 0 aliphatic heterocycles. The first-order chi connectivity index (χ1) is 9.03. The van der Waals surface area contributed by atoms with Gasteiger partial charge in [-0.3, -0.25) is 4.68 Å². The molecule has 19 heavy (non-hydrogen) atoms. The van der Waals surface area contributed by atoms with E-state index in [0.717, 1.165) is 36.0 Å². The minimum atomic E-state index is 0.478. The predicted octanol–water partition coefficient (Wildman–Crippen LogP) is 3.69. The molecule has 1 heterocycles. The summed E-state index contributed by atoms with van der Waals surface area (Å²) in [6.07, 6.45) is 4.28. The Morgan fingerprint density at radius 1 is 1.26 bits per heavy atom. The highest BCUT2D eigenvalue weighted by Crippen LogP contribution is 2.24. The molecule has 0 aliphatic carbocycles. The Morgan fingerprint density at radius 2 is 1.95 bits per heavy atom. The lowest BCUT2D eigenvalue weighted by Crippen LogP contribution is -2.29. The molecule has 0 aromatic carbocycles. The van der Waals surface area contributed by atoms with Gasteiger partial charge >= 0.3 is 0 Å². The summed E-state index contributed by atoms with van der Waals surface area (Å²) in [4.78, 5) is 0. The van der Waals surface area contributed by atoms with Crippen LogP contribution in [0.3, 0.4) is 0 Å². The number of hydrogen-bond donors (Lipinski definition) is 1. The maximum atomic E-state index is 6.46. The number of halogens is 1. The van der Waals surface area contributed by atoms with Crippen molar-refractivity contribution in [1.82, 2.24) is 15.1 Å². The molecule has 3 nitrogen and oxygen atoms in total. The fourth-order valence-electron chi connectivity index (χ4n) is 2.33. The van der Waals surface area contributed by atoms with Crippen molar-refractivity contribution in [2.24, 2.45) is 5.92 Å². The van der Waals surface area contributed by atoms with Crippen LogP contribution in [-0.2, 0) is 19.4 Å². The number of aryl methyl sites for hydroxylation is 2. The van der Waals surface area contributed by atoms with Crippen molar-refractivity contribution in [3.8, 4) is 0 Å². The summed E-state index contributed by atoms with van der Waals surface area (Å²) < 4.78 is 2.06. The maximum Gasteiger partial charge on any atom is 0.0850 e. The minimum absolute atomic E-state index is 0.478. The van der Waals surface area contributed by atoms with Crippen LogP contribution >= 0.6 is 11.6 Å².